The van der Waals surface area contributed by atoms with E-state index in [9.17, 15) is 4.79 Å². The summed E-state index contributed by atoms with van der Waals surface area (Å²) in [4.78, 5) is 16.7. The molecule has 1 aliphatic rings. The molecule has 0 aromatic heterocycles. The summed E-state index contributed by atoms with van der Waals surface area (Å²) in [5.41, 5.74) is 3.43. The first-order valence-electron chi connectivity index (χ1n) is 6.91. The molecule has 0 spiro atoms. The second-order valence-electron chi connectivity index (χ2n) is 4.65. The van der Waals surface area contributed by atoms with E-state index >= 15 is 0 Å². The maximum atomic E-state index is 11.5. The Morgan fingerprint density at radius 1 is 1.29 bits per heavy atom. The smallest absolute Gasteiger partial charge is 0.267 e. The molecule has 1 aromatic rings. The molecule has 0 saturated carbocycles. The average Bonchev–Trinajstić information content (AvgIpc) is 2.52. The van der Waals surface area contributed by atoms with Crippen LogP contribution in [0.1, 0.15) is 24.8 Å². The van der Waals surface area contributed by atoms with E-state index in [0.717, 1.165) is 29.3 Å². The molecule has 1 N–H and O–H groups in total. The second-order valence-corrected chi connectivity index (χ2v) is 5.57. The highest BCUT2D eigenvalue weighted by Gasteiger charge is 2.14. The minimum Gasteiger partial charge on any atom is -0.350 e. The van der Waals surface area contributed by atoms with E-state index in [1.165, 1.54) is 6.08 Å². The molecule has 1 atom stereocenters. The standard InChI is InChI=1S/C16H18BrNO3/c17-14-10-8-13(9-11-14)5-1-2-6-15(19)18-21-16-7-3-4-12-20-16/h1-2,5-6,8-11,16H,3-4,7,12H2,(H,18,19)/b5-1+,6-2+. The summed E-state index contributed by atoms with van der Waals surface area (Å²) < 4.78 is 6.38. The van der Waals surface area contributed by atoms with E-state index in [1.54, 1.807) is 12.2 Å². The summed E-state index contributed by atoms with van der Waals surface area (Å²) in [7, 11) is 0. The highest BCUT2D eigenvalue weighted by atomic mass is 79.9. The summed E-state index contributed by atoms with van der Waals surface area (Å²) in [6.07, 6.45) is 9.41. The summed E-state index contributed by atoms with van der Waals surface area (Å²) in [5.74, 6) is -0.301. The van der Waals surface area contributed by atoms with Crippen molar-refractivity contribution in [3.8, 4) is 0 Å². The fraction of sp³-hybridized carbons (Fsp3) is 0.312. The first-order valence-corrected chi connectivity index (χ1v) is 7.71. The minimum absolute atomic E-state index is 0.301. The number of halogens is 1. The van der Waals surface area contributed by atoms with Crippen molar-refractivity contribution in [1.29, 1.82) is 0 Å². The van der Waals surface area contributed by atoms with Gasteiger partial charge in [-0.05, 0) is 30.5 Å². The van der Waals surface area contributed by atoms with Gasteiger partial charge in [-0.3, -0.25) is 4.79 Å². The fourth-order valence-corrected chi connectivity index (χ4v) is 2.11. The van der Waals surface area contributed by atoms with Gasteiger partial charge in [-0.15, -0.1) is 0 Å². The molecule has 1 heterocycles. The number of nitrogens with one attached hydrogen (secondary N) is 1. The molecule has 1 unspecified atom stereocenters. The zero-order valence-corrected chi connectivity index (χ0v) is 13.2. The van der Waals surface area contributed by atoms with Crippen LogP contribution in [-0.4, -0.2) is 18.8 Å². The van der Waals surface area contributed by atoms with Crippen LogP contribution in [0.5, 0.6) is 0 Å². The lowest BCUT2D eigenvalue weighted by Gasteiger charge is -2.21. The Morgan fingerprint density at radius 3 is 2.81 bits per heavy atom. The molecule has 4 nitrogen and oxygen atoms in total. The van der Waals surface area contributed by atoms with Crippen LogP contribution >= 0.6 is 15.9 Å². The van der Waals surface area contributed by atoms with Crippen LogP contribution in [0.25, 0.3) is 6.08 Å². The molecule has 0 bridgehead atoms. The van der Waals surface area contributed by atoms with Crippen molar-refractivity contribution in [3.63, 3.8) is 0 Å². The van der Waals surface area contributed by atoms with Crippen LogP contribution in [0.4, 0.5) is 0 Å². The quantitative estimate of drug-likeness (QED) is 0.501. The lowest BCUT2D eigenvalue weighted by atomic mass is 10.2. The van der Waals surface area contributed by atoms with Crippen LogP contribution in [-0.2, 0) is 14.4 Å². The van der Waals surface area contributed by atoms with Gasteiger partial charge in [0.25, 0.3) is 5.91 Å². The third-order valence-electron chi connectivity index (χ3n) is 2.95. The Balaban J connectivity index is 1.70. The van der Waals surface area contributed by atoms with Gasteiger partial charge in [0.2, 0.25) is 0 Å². The Morgan fingerprint density at radius 2 is 2.10 bits per heavy atom. The largest absolute Gasteiger partial charge is 0.350 e. The number of hydroxylamine groups is 1. The van der Waals surface area contributed by atoms with Crippen molar-refractivity contribution in [2.75, 3.05) is 6.61 Å². The van der Waals surface area contributed by atoms with E-state index < -0.39 is 0 Å². The molecule has 0 aliphatic carbocycles. The van der Waals surface area contributed by atoms with Gasteiger partial charge in [0.05, 0.1) is 0 Å². The van der Waals surface area contributed by atoms with Crippen molar-refractivity contribution in [1.82, 2.24) is 5.48 Å². The topological polar surface area (TPSA) is 47.6 Å². The summed E-state index contributed by atoms with van der Waals surface area (Å²) >= 11 is 3.38. The van der Waals surface area contributed by atoms with Crippen LogP contribution in [0, 0.1) is 0 Å². The van der Waals surface area contributed by atoms with Crippen molar-refractivity contribution < 1.29 is 14.4 Å². The van der Waals surface area contributed by atoms with Crippen LogP contribution < -0.4 is 5.48 Å². The molecule has 5 heteroatoms. The predicted octanol–water partition coefficient (Wildman–Crippen LogP) is 3.59. The Labute approximate surface area is 132 Å². The third-order valence-corrected chi connectivity index (χ3v) is 3.47. The number of amides is 1. The van der Waals surface area contributed by atoms with Crippen molar-refractivity contribution >= 4 is 27.9 Å². The molecule has 2 rings (SSSR count). The Bertz CT molecular complexity index is 505. The molecule has 1 saturated heterocycles. The Kier molecular flexibility index (Phi) is 6.66. The third kappa shape index (κ3) is 6.25. The fourth-order valence-electron chi connectivity index (χ4n) is 1.85. The summed E-state index contributed by atoms with van der Waals surface area (Å²) in [5, 5.41) is 0. The Hall–Kier alpha value is -1.43. The molecule has 21 heavy (non-hydrogen) atoms. The zero-order valence-electron chi connectivity index (χ0n) is 11.6. The molecule has 1 aromatic carbocycles. The second kappa shape index (κ2) is 8.77. The van der Waals surface area contributed by atoms with E-state index in [-0.39, 0.29) is 12.2 Å². The van der Waals surface area contributed by atoms with Crippen molar-refractivity contribution in [2.45, 2.75) is 25.6 Å². The molecule has 1 aliphatic heterocycles. The first kappa shape index (κ1) is 15.9. The highest BCUT2D eigenvalue weighted by molar-refractivity contribution is 9.10. The maximum absolute atomic E-state index is 11.5. The lowest BCUT2D eigenvalue weighted by Crippen LogP contribution is -2.32. The van der Waals surface area contributed by atoms with Gasteiger partial charge in [-0.25, -0.2) is 10.3 Å². The predicted molar refractivity (Wildman–Crippen MR) is 85.1 cm³/mol. The molecule has 1 amide bonds. The maximum Gasteiger partial charge on any atom is 0.267 e. The number of allylic oxidation sites excluding steroid dienone is 2. The summed E-state index contributed by atoms with van der Waals surface area (Å²) in [6.45, 7) is 0.687. The van der Waals surface area contributed by atoms with Gasteiger partial charge in [0, 0.05) is 23.6 Å². The number of hydrogen-bond acceptors (Lipinski definition) is 3. The number of benzene rings is 1. The van der Waals surface area contributed by atoms with E-state index in [4.69, 9.17) is 9.57 Å². The number of rotatable bonds is 5. The van der Waals surface area contributed by atoms with Gasteiger partial charge in [0.15, 0.2) is 6.29 Å². The van der Waals surface area contributed by atoms with E-state index in [0.29, 0.717) is 6.61 Å². The van der Waals surface area contributed by atoms with Gasteiger partial charge in [-0.2, -0.15) is 0 Å². The van der Waals surface area contributed by atoms with Gasteiger partial charge in [0.1, 0.15) is 0 Å². The zero-order chi connectivity index (χ0) is 14.9. The monoisotopic (exact) mass is 351 g/mol. The van der Waals surface area contributed by atoms with Gasteiger partial charge < -0.3 is 4.74 Å². The van der Waals surface area contributed by atoms with Crippen molar-refractivity contribution in [2.24, 2.45) is 0 Å². The number of hydrogen-bond donors (Lipinski definition) is 1. The normalized spacial score (nSPS) is 19.2. The number of ether oxygens (including phenoxy) is 1. The van der Waals surface area contributed by atoms with Gasteiger partial charge >= 0.3 is 0 Å². The van der Waals surface area contributed by atoms with Crippen LogP contribution in [0.2, 0.25) is 0 Å². The highest BCUT2D eigenvalue weighted by Crippen LogP contribution is 2.12. The molecule has 112 valence electrons. The molecular weight excluding hydrogens is 334 g/mol. The van der Waals surface area contributed by atoms with Crippen LogP contribution in [0.15, 0.2) is 47.0 Å². The van der Waals surface area contributed by atoms with E-state index in [2.05, 4.69) is 21.4 Å². The number of carbonyl (C=O) groups excluding carboxylic acids is 1. The molecule has 1 fully saturated rings. The van der Waals surface area contributed by atoms with E-state index in [1.807, 2.05) is 30.3 Å². The lowest BCUT2D eigenvalue weighted by molar-refractivity contribution is -0.198. The van der Waals surface area contributed by atoms with Gasteiger partial charge in [-0.1, -0.05) is 46.3 Å². The molecule has 0 radical (unpaired) electrons. The van der Waals surface area contributed by atoms with Crippen molar-refractivity contribution in [3.05, 3.63) is 52.5 Å². The summed E-state index contributed by atoms with van der Waals surface area (Å²) in [6, 6.07) is 7.90. The average molecular weight is 352 g/mol. The SMILES string of the molecule is O=C(/C=C/C=C/c1ccc(Br)cc1)NOC1CCCCO1. The first-order chi connectivity index (χ1) is 10.2. The number of carbonyl (C=O) groups is 1. The van der Waals surface area contributed by atoms with Crippen LogP contribution in [0.3, 0.4) is 0 Å². The molecular formula is C16H18BrNO3. The minimum atomic E-state index is -0.325.